The highest BCUT2D eigenvalue weighted by atomic mass is 35.5. The highest BCUT2D eigenvalue weighted by Gasteiger charge is 2.21. The molecule has 0 unspecified atom stereocenters. The summed E-state index contributed by atoms with van der Waals surface area (Å²) in [4.78, 5) is 25.5. The van der Waals surface area contributed by atoms with Crippen LogP contribution in [-0.2, 0) is 0 Å². The lowest BCUT2D eigenvalue weighted by atomic mass is 10.1. The monoisotopic (exact) mass is 455 g/mol. The van der Waals surface area contributed by atoms with Crippen molar-refractivity contribution in [3.63, 3.8) is 0 Å². The van der Waals surface area contributed by atoms with Crippen molar-refractivity contribution >= 4 is 35.3 Å². The Morgan fingerprint density at radius 2 is 2.03 bits per heavy atom. The third kappa shape index (κ3) is 4.58. The van der Waals surface area contributed by atoms with Gasteiger partial charge in [0.15, 0.2) is 5.69 Å². The van der Waals surface area contributed by atoms with Gasteiger partial charge in [0.05, 0.1) is 18.3 Å². The van der Waals surface area contributed by atoms with Gasteiger partial charge in [0.1, 0.15) is 23.1 Å². The van der Waals surface area contributed by atoms with E-state index < -0.39 is 11.5 Å². The van der Waals surface area contributed by atoms with Crippen molar-refractivity contribution in [3.05, 3.63) is 85.2 Å². The van der Waals surface area contributed by atoms with Gasteiger partial charge in [0, 0.05) is 16.1 Å². The molecule has 0 spiro atoms. The Morgan fingerprint density at radius 1 is 1.29 bits per heavy atom. The quantitative estimate of drug-likeness (QED) is 0.467. The van der Waals surface area contributed by atoms with Gasteiger partial charge in [-0.15, -0.1) is 0 Å². The molecule has 156 valence electrons. The van der Waals surface area contributed by atoms with Crippen molar-refractivity contribution < 1.29 is 9.53 Å². The molecule has 0 saturated carbocycles. The van der Waals surface area contributed by atoms with E-state index in [-0.39, 0.29) is 22.5 Å². The summed E-state index contributed by atoms with van der Waals surface area (Å²) in [6.45, 7) is 1.47. The summed E-state index contributed by atoms with van der Waals surface area (Å²) in [5, 5.41) is 18.3. The van der Waals surface area contributed by atoms with Gasteiger partial charge < -0.3 is 4.74 Å². The minimum Gasteiger partial charge on any atom is -0.494 e. The molecule has 10 heteroatoms. The Labute approximate surface area is 187 Å². The number of halogens is 2. The van der Waals surface area contributed by atoms with E-state index in [1.165, 1.54) is 20.2 Å². The van der Waals surface area contributed by atoms with Crippen molar-refractivity contribution in [1.82, 2.24) is 15.2 Å². The van der Waals surface area contributed by atoms with Gasteiger partial charge in [-0.05, 0) is 31.2 Å². The van der Waals surface area contributed by atoms with E-state index in [1.54, 1.807) is 42.5 Å². The SMILES string of the molecule is COc1ccccc1-n1nc(C(=O)N/N=C/c2ccc(Cl)cc2Cl)c(C)c(C#N)c1=O. The zero-order valence-corrected chi connectivity index (χ0v) is 17.9. The molecule has 0 fully saturated rings. The average molecular weight is 456 g/mol. The number of benzene rings is 2. The fraction of sp³-hybridized carbons (Fsp3) is 0.0952. The number of rotatable bonds is 5. The maximum atomic E-state index is 12.8. The molecule has 0 aliphatic rings. The number of aromatic nitrogens is 2. The molecule has 0 bridgehead atoms. The number of para-hydroxylation sites is 2. The highest BCUT2D eigenvalue weighted by Crippen LogP contribution is 2.21. The number of ether oxygens (including phenoxy) is 1. The molecule has 0 aliphatic carbocycles. The van der Waals surface area contributed by atoms with Crippen LogP contribution in [0.2, 0.25) is 10.0 Å². The molecule has 0 saturated heterocycles. The molecule has 3 aromatic rings. The number of hydrazone groups is 1. The van der Waals surface area contributed by atoms with Crippen molar-refractivity contribution in [2.24, 2.45) is 5.10 Å². The van der Waals surface area contributed by atoms with E-state index in [0.29, 0.717) is 21.4 Å². The second-order valence-corrected chi connectivity index (χ2v) is 7.06. The highest BCUT2D eigenvalue weighted by molar-refractivity contribution is 6.36. The molecule has 0 aliphatic heterocycles. The first-order valence-corrected chi connectivity index (χ1v) is 9.58. The van der Waals surface area contributed by atoms with Crippen LogP contribution < -0.4 is 15.7 Å². The van der Waals surface area contributed by atoms with E-state index in [9.17, 15) is 14.9 Å². The van der Waals surface area contributed by atoms with Gasteiger partial charge in [0.2, 0.25) is 0 Å². The average Bonchev–Trinajstić information content (AvgIpc) is 2.75. The summed E-state index contributed by atoms with van der Waals surface area (Å²) >= 11 is 11.9. The Hall–Kier alpha value is -3.67. The predicted molar refractivity (Wildman–Crippen MR) is 117 cm³/mol. The minimum atomic E-state index is -0.709. The number of amides is 1. The molecular weight excluding hydrogens is 441 g/mol. The number of nitriles is 1. The second kappa shape index (κ2) is 9.43. The van der Waals surface area contributed by atoms with E-state index in [2.05, 4.69) is 15.6 Å². The second-order valence-electron chi connectivity index (χ2n) is 6.21. The van der Waals surface area contributed by atoms with Crippen molar-refractivity contribution in [3.8, 4) is 17.5 Å². The molecule has 8 nitrogen and oxygen atoms in total. The summed E-state index contributed by atoms with van der Waals surface area (Å²) in [6, 6.07) is 13.3. The van der Waals surface area contributed by atoms with Crippen LogP contribution in [0.25, 0.3) is 5.69 Å². The van der Waals surface area contributed by atoms with Crippen molar-refractivity contribution in [2.45, 2.75) is 6.92 Å². The molecule has 1 aromatic heterocycles. The molecule has 1 amide bonds. The normalized spacial score (nSPS) is 10.7. The first-order valence-electron chi connectivity index (χ1n) is 8.83. The Balaban J connectivity index is 2.00. The van der Waals surface area contributed by atoms with Crippen LogP contribution in [-0.4, -0.2) is 29.0 Å². The third-order valence-electron chi connectivity index (χ3n) is 4.31. The molecule has 1 heterocycles. The van der Waals surface area contributed by atoms with Crippen LogP contribution >= 0.6 is 23.2 Å². The lowest BCUT2D eigenvalue weighted by molar-refractivity contribution is 0.0947. The Morgan fingerprint density at radius 3 is 2.71 bits per heavy atom. The van der Waals surface area contributed by atoms with Crippen molar-refractivity contribution in [1.29, 1.82) is 5.26 Å². The number of hydrogen-bond acceptors (Lipinski definition) is 6. The fourth-order valence-corrected chi connectivity index (χ4v) is 3.20. The summed E-state index contributed by atoms with van der Waals surface area (Å²) in [5.41, 5.74) is 2.27. The smallest absolute Gasteiger partial charge is 0.292 e. The fourth-order valence-electron chi connectivity index (χ4n) is 2.74. The van der Waals surface area contributed by atoms with Crippen molar-refractivity contribution in [2.75, 3.05) is 7.11 Å². The zero-order chi connectivity index (χ0) is 22.5. The standard InChI is InChI=1S/C21H15Cl2N5O3/c1-12-15(10-24)21(30)28(17-5-3-4-6-18(17)31-2)27-19(12)20(29)26-25-11-13-7-8-14(22)9-16(13)23/h3-9,11H,1-2H3,(H,26,29)/b25-11+. The molecule has 0 radical (unpaired) electrons. The van der Waals surface area contributed by atoms with E-state index in [1.807, 2.05) is 6.07 Å². The number of nitrogens with zero attached hydrogens (tertiary/aromatic N) is 4. The molecule has 0 atom stereocenters. The predicted octanol–water partition coefficient (Wildman–Crippen LogP) is 3.49. The number of methoxy groups -OCH3 is 1. The number of hydrogen-bond donors (Lipinski definition) is 1. The summed E-state index contributed by atoms with van der Waals surface area (Å²) in [7, 11) is 1.44. The number of nitrogens with one attached hydrogen (secondary N) is 1. The van der Waals surface area contributed by atoms with Crippen LogP contribution in [0.5, 0.6) is 5.75 Å². The minimum absolute atomic E-state index is 0.135. The molecule has 2 aromatic carbocycles. The number of carbonyl (C=O) groups excluding carboxylic acids is 1. The molecule has 1 N–H and O–H groups in total. The summed E-state index contributed by atoms with van der Waals surface area (Å²) in [6.07, 6.45) is 1.34. The largest absolute Gasteiger partial charge is 0.494 e. The Kier molecular flexibility index (Phi) is 6.70. The van der Waals surface area contributed by atoms with Gasteiger partial charge in [-0.2, -0.15) is 20.1 Å². The van der Waals surface area contributed by atoms with Crippen LogP contribution in [0, 0.1) is 18.3 Å². The van der Waals surface area contributed by atoms with Gasteiger partial charge in [0.25, 0.3) is 11.5 Å². The van der Waals surface area contributed by atoms with Crippen LogP contribution in [0.15, 0.2) is 52.4 Å². The van der Waals surface area contributed by atoms with Gasteiger partial charge in [-0.1, -0.05) is 41.4 Å². The first kappa shape index (κ1) is 22.0. The Bertz CT molecular complexity index is 1300. The maximum absolute atomic E-state index is 12.8. The van der Waals surface area contributed by atoms with Gasteiger partial charge in [-0.3, -0.25) is 9.59 Å². The maximum Gasteiger partial charge on any atom is 0.292 e. The van der Waals surface area contributed by atoms with Gasteiger partial charge >= 0.3 is 0 Å². The zero-order valence-electron chi connectivity index (χ0n) is 16.4. The lowest BCUT2D eigenvalue weighted by Crippen LogP contribution is -2.31. The van der Waals surface area contributed by atoms with E-state index in [0.717, 1.165) is 4.68 Å². The van der Waals surface area contributed by atoms with E-state index in [4.69, 9.17) is 27.9 Å². The molecule has 3 rings (SSSR count). The van der Waals surface area contributed by atoms with Gasteiger partial charge in [-0.25, -0.2) is 5.43 Å². The summed E-state index contributed by atoms with van der Waals surface area (Å²) < 4.78 is 6.22. The third-order valence-corrected chi connectivity index (χ3v) is 4.87. The number of carbonyl (C=O) groups is 1. The van der Waals surface area contributed by atoms with Crippen LogP contribution in [0.3, 0.4) is 0 Å². The lowest BCUT2D eigenvalue weighted by Gasteiger charge is -2.13. The van der Waals surface area contributed by atoms with Crippen LogP contribution in [0.1, 0.15) is 27.2 Å². The van der Waals surface area contributed by atoms with E-state index >= 15 is 0 Å². The molecular formula is C21H15Cl2N5O3. The topological polar surface area (TPSA) is 109 Å². The first-order chi connectivity index (χ1) is 14.9. The molecule has 31 heavy (non-hydrogen) atoms. The van der Waals surface area contributed by atoms with Crippen LogP contribution in [0.4, 0.5) is 0 Å². The summed E-state index contributed by atoms with van der Waals surface area (Å²) in [5.74, 6) is -0.356.